The first-order chi connectivity index (χ1) is 7.63. The van der Waals surface area contributed by atoms with Gasteiger partial charge in [0.1, 0.15) is 6.33 Å². The van der Waals surface area contributed by atoms with Crippen LogP contribution in [-0.4, -0.2) is 25.6 Å². The largest absolute Gasteiger partial charge is 0.327 e. The zero-order valence-electron chi connectivity index (χ0n) is 9.88. The fourth-order valence-corrected chi connectivity index (χ4v) is 2.07. The molecule has 0 aromatic carbocycles. The molecule has 0 aliphatic rings. The first-order valence-corrected chi connectivity index (χ1v) is 5.56. The van der Waals surface area contributed by atoms with E-state index in [4.69, 9.17) is 5.73 Å². The average Bonchev–Trinajstić information content (AvgIpc) is 2.65. The van der Waals surface area contributed by atoms with Gasteiger partial charge in [0.2, 0.25) is 0 Å². The lowest BCUT2D eigenvalue weighted by Gasteiger charge is -2.20. The molecule has 0 radical (unpaired) electrons. The van der Waals surface area contributed by atoms with Crippen LogP contribution in [0.2, 0.25) is 0 Å². The Hall–Kier alpha value is -1.49. The zero-order chi connectivity index (χ0) is 11.7. The molecular formula is C11H17N5. The van der Waals surface area contributed by atoms with Crippen LogP contribution < -0.4 is 5.73 Å². The molecule has 0 amide bonds. The Morgan fingerprint density at radius 1 is 1.50 bits per heavy atom. The molecule has 2 N–H and O–H groups in total. The van der Waals surface area contributed by atoms with Gasteiger partial charge in [0, 0.05) is 17.7 Å². The van der Waals surface area contributed by atoms with Crippen LogP contribution in [0, 0.1) is 6.92 Å². The number of aromatic nitrogens is 4. The van der Waals surface area contributed by atoms with Crippen molar-refractivity contribution in [2.45, 2.75) is 39.2 Å². The summed E-state index contributed by atoms with van der Waals surface area (Å²) >= 11 is 0. The van der Waals surface area contributed by atoms with E-state index in [1.165, 1.54) is 6.33 Å². The van der Waals surface area contributed by atoms with Crippen LogP contribution in [0.25, 0.3) is 5.78 Å². The van der Waals surface area contributed by atoms with Crippen molar-refractivity contribution in [1.82, 2.24) is 19.6 Å². The smallest absolute Gasteiger partial charge is 0.252 e. The highest BCUT2D eigenvalue weighted by Crippen LogP contribution is 2.22. The minimum atomic E-state index is 0.0965. The van der Waals surface area contributed by atoms with E-state index in [1.54, 1.807) is 4.52 Å². The van der Waals surface area contributed by atoms with Crippen molar-refractivity contribution in [3.8, 4) is 0 Å². The van der Waals surface area contributed by atoms with Gasteiger partial charge in [-0.2, -0.15) is 10.1 Å². The van der Waals surface area contributed by atoms with Gasteiger partial charge < -0.3 is 5.73 Å². The van der Waals surface area contributed by atoms with E-state index >= 15 is 0 Å². The van der Waals surface area contributed by atoms with Crippen molar-refractivity contribution in [1.29, 1.82) is 0 Å². The Labute approximate surface area is 94.7 Å². The maximum absolute atomic E-state index is 6.01. The average molecular weight is 219 g/mol. The summed E-state index contributed by atoms with van der Waals surface area (Å²) in [6, 6.07) is 2.14. The standard InChI is InChI=1S/C11H17N5/c1-4-9(8(3)12)10-5-7(2)15-11-13-6-14-16(10)11/h5-6,8-9H,4,12H2,1-3H3. The van der Waals surface area contributed by atoms with Crippen LogP contribution in [0.4, 0.5) is 0 Å². The number of nitrogens with zero attached hydrogens (tertiary/aromatic N) is 4. The molecule has 86 valence electrons. The molecule has 2 heterocycles. The number of nitrogens with two attached hydrogens (primary N) is 1. The summed E-state index contributed by atoms with van der Waals surface area (Å²) in [5.74, 6) is 0.931. The molecule has 0 saturated carbocycles. The number of hydrogen-bond acceptors (Lipinski definition) is 4. The van der Waals surface area contributed by atoms with Gasteiger partial charge in [-0.05, 0) is 26.3 Å². The highest BCUT2D eigenvalue weighted by Gasteiger charge is 2.18. The van der Waals surface area contributed by atoms with Crippen LogP contribution in [0.15, 0.2) is 12.4 Å². The van der Waals surface area contributed by atoms with Crippen molar-refractivity contribution in [2.24, 2.45) is 5.73 Å². The number of rotatable bonds is 3. The maximum atomic E-state index is 6.01. The highest BCUT2D eigenvalue weighted by atomic mass is 15.3. The van der Waals surface area contributed by atoms with Gasteiger partial charge in [-0.1, -0.05) is 6.92 Å². The second-order valence-electron chi connectivity index (χ2n) is 4.17. The summed E-state index contributed by atoms with van der Waals surface area (Å²) in [7, 11) is 0. The molecular weight excluding hydrogens is 202 g/mol. The Bertz CT molecular complexity index is 488. The van der Waals surface area contributed by atoms with E-state index < -0.39 is 0 Å². The minimum absolute atomic E-state index is 0.0965. The quantitative estimate of drug-likeness (QED) is 0.844. The normalized spacial score (nSPS) is 15.2. The molecule has 2 aromatic heterocycles. The molecule has 2 aromatic rings. The van der Waals surface area contributed by atoms with E-state index in [0.29, 0.717) is 5.78 Å². The molecule has 16 heavy (non-hydrogen) atoms. The molecule has 0 fully saturated rings. The molecule has 0 spiro atoms. The van der Waals surface area contributed by atoms with Crippen LogP contribution in [0.5, 0.6) is 0 Å². The molecule has 2 unspecified atom stereocenters. The maximum Gasteiger partial charge on any atom is 0.252 e. The fraction of sp³-hybridized carbons (Fsp3) is 0.545. The second kappa shape index (κ2) is 4.17. The molecule has 0 aliphatic heterocycles. The van der Waals surface area contributed by atoms with Crippen molar-refractivity contribution in [3.63, 3.8) is 0 Å². The number of aryl methyl sites for hydroxylation is 1. The molecule has 0 saturated heterocycles. The molecule has 5 nitrogen and oxygen atoms in total. The van der Waals surface area contributed by atoms with Crippen LogP contribution in [0.3, 0.4) is 0 Å². The van der Waals surface area contributed by atoms with Gasteiger partial charge in [0.05, 0.1) is 5.69 Å². The third-order valence-electron chi connectivity index (χ3n) is 2.86. The van der Waals surface area contributed by atoms with Crippen molar-refractivity contribution in [2.75, 3.05) is 0 Å². The molecule has 2 atom stereocenters. The van der Waals surface area contributed by atoms with Gasteiger partial charge in [0.15, 0.2) is 0 Å². The molecule has 2 rings (SSSR count). The van der Waals surface area contributed by atoms with Crippen LogP contribution >= 0.6 is 0 Å². The second-order valence-corrected chi connectivity index (χ2v) is 4.17. The fourth-order valence-electron chi connectivity index (χ4n) is 2.07. The predicted molar refractivity (Wildman–Crippen MR) is 62.2 cm³/mol. The lowest BCUT2D eigenvalue weighted by molar-refractivity contribution is 0.526. The van der Waals surface area contributed by atoms with Gasteiger partial charge >= 0.3 is 0 Å². The summed E-state index contributed by atoms with van der Waals surface area (Å²) in [5.41, 5.74) is 8.06. The SMILES string of the molecule is CCC(c1cc(C)nc2ncnn12)C(C)N. The van der Waals surface area contributed by atoms with Crippen LogP contribution in [0.1, 0.15) is 37.6 Å². The minimum Gasteiger partial charge on any atom is -0.327 e. The number of hydrogen-bond donors (Lipinski definition) is 1. The van der Waals surface area contributed by atoms with E-state index in [-0.39, 0.29) is 12.0 Å². The Kier molecular flexibility index (Phi) is 2.87. The van der Waals surface area contributed by atoms with E-state index in [0.717, 1.165) is 17.8 Å². The Morgan fingerprint density at radius 3 is 2.88 bits per heavy atom. The Balaban J connectivity index is 2.61. The number of fused-ring (bicyclic) bond motifs is 1. The first kappa shape index (κ1) is 11.0. The molecule has 0 bridgehead atoms. The summed E-state index contributed by atoms with van der Waals surface area (Å²) < 4.78 is 1.78. The van der Waals surface area contributed by atoms with Gasteiger partial charge in [-0.3, -0.25) is 0 Å². The van der Waals surface area contributed by atoms with E-state index in [9.17, 15) is 0 Å². The lowest BCUT2D eigenvalue weighted by atomic mass is 9.94. The van der Waals surface area contributed by atoms with Crippen molar-refractivity contribution >= 4 is 5.78 Å². The lowest BCUT2D eigenvalue weighted by Crippen LogP contribution is -2.26. The summed E-state index contributed by atoms with van der Waals surface area (Å²) in [6.07, 6.45) is 2.51. The molecule has 5 heteroatoms. The predicted octanol–water partition coefficient (Wildman–Crippen LogP) is 1.27. The summed E-state index contributed by atoms with van der Waals surface area (Å²) in [5, 5.41) is 4.20. The van der Waals surface area contributed by atoms with Gasteiger partial charge in [-0.25, -0.2) is 9.50 Å². The summed E-state index contributed by atoms with van der Waals surface area (Å²) in [6.45, 7) is 6.12. The monoisotopic (exact) mass is 219 g/mol. The zero-order valence-corrected chi connectivity index (χ0v) is 9.88. The topological polar surface area (TPSA) is 69.1 Å². The highest BCUT2D eigenvalue weighted by molar-refractivity contribution is 5.31. The van der Waals surface area contributed by atoms with Crippen molar-refractivity contribution in [3.05, 3.63) is 23.8 Å². The first-order valence-electron chi connectivity index (χ1n) is 5.56. The van der Waals surface area contributed by atoms with E-state index in [1.807, 2.05) is 19.9 Å². The summed E-state index contributed by atoms with van der Waals surface area (Å²) in [4.78, 5) is 8.44. The van der Waals surface area contributed by atoms with E-state index in [2.05, 4.69) is 22.0 Å². The van der Waals surface area contributed by atoms with Crippen molar-refractivity contribution < 1.29 is 0 Å². The van der Waals surface area contributed by atoms with Gasteiger partial charge in [0.25, 0.3) is 5.78 Å². The van der Waals surface area contributed by atoms with Gasteiger partial charge in [-0.15, -0.1) is 0 Å². The molecule has 0 aliphatic carbocycles. The third-order valence-corrected chi connectivity index (χ3v) is 2.86. The third kappa shape index (κ3) is 1.78. The Morgan fingerprint density at radius 2 is 2.25 bits per heavy atom. The van der Waals surface area contributed by atoms with Crippen LogP contribution in [-0.2, 0) is 0 Å².